The van der Waals surface area contributed by atoms with Crippen molar-refractivity contribution in [1.29, 1.82) is 0 Å². The molecule has 0 radical (unpaired) electrons. The average Bonchev–Trinajstić information content (AvgIpc) is 2.36. The Hall–Kier alpha value is -0.530. The molecule has 0 aliphatic rings. The summed E-state index contributed by atoms with van der Waals surface area (Å²) in [5.41, 5.74) is 1.46. The van der Waals surface area contributed by atoms with Gasteiger partial charge in [0.1, 0.15) is 0 Å². The van der Waals surface area contributed by atoms with E-state index >= 15 is 0 Å². The second-order valence-corrected chi connectivity index (χ2v) is 5.25. The summed E-state index contributed by atoms with van der Waals surface area (Å²) in [5, 5.41) is 0. The fourth-order valence-corrected chi connectivity index (χ4v) is 2.21. The van der Waals surface area contributed by atoms with Gasteiger partial charge in [-0.2, -0.15) is 0 Å². The number of halogens is 1. The Balaban J connectivity index is 2.23. The molecule has 0 aromatic heterocycles. The minimum absolute atomic E-state index is 0.229. The van der Waals surface area contributed by atoms with E-state index in [2.05, 4.69) is 26.0 Å². The fourth-order valence-electron chi connectivity index (χ4n) is 1.95. The number of hydrogen-bond acceptors (Lipinski definition) is 1. The van der Waals surface area contributed by atoms with E-state index in [1.165, 1.54) is 18.4 Å². The Bertz CT molecular complexity index is 299. The van der Waals surface area contributed by atoms with Crippen molar-refractivity contribution in [3.63, 3.8) is 0 Å². The molecule has 0 aliphatic heterocycles. The van der Waals surface area contributed by atoms with Gasteiger partial charge in [-0.1, -0.05) is 50.6 Å². The van der Waals surface area contributed by atoms with Crippen LogP contribution in [0, 0.1) is 5.41 Å². The Labute approximate surface area is 110 Å². The first-order chi connectivity index (χ1) is 8.20. The molecule has 1 atom stereocenters. The van der Waals surface area contributed by atoms with Crippen molar-refractivity contribution in [2.45, 2.75) is 39.7 Å². The van der Waals surface area contributed by atoms with Crippen LogP contribution in [0.3, 0.4) is 0 Å². The largest absolute Gasteiger partial charge is 0.377 e. The second kappa shape index (κ2) is 7.73. The van der Waals surface area contributed by atoms with E-state index in [0.29, 0.717) is 6.61 Å². The summed E-state index contributed by atoms with van der Waals surface area (Å²) in [4.78, 5) is 0. The maximum Gasteiger partial charge on any atom is 0.0716 e. The van der Waals surface area contributed by atoms with Crippen LogP contribution in [0.1, 0.15) is 38.7 Å². The van der Waals surface area contributed by atoms with E-state index < -0.39 is 0 Å². The number of rotatable bonds is 8. The van der Waals surface area contributed by atoms with Crippen LogP contribution < -0.4 is 0 Å². The van der Waals surface area contributed by atoms with Gasteiger partial charge in [0.2, 0.25) is 0 Å². The first kappa shape index (κ1) is 14.5. The second-order valence-electron chi connectivity index (χ2n) is 4.98. The number of benzene rings is 1. The molecule has 1 nitrogen and oxygen atoms in total. The standard InChI is InChI=1S/C15H23ClO/c1-3-9-15(2,13-16)10-11-17-12-14-7-5-4-6-8-14/h4-8H,3,9-13H2,1-2H3. The van der Waals surface area contributed by atoms with Crippen molar-refractivity contribution in [3.8, 4) is 0 Å². The van der Waals surface area contributed by atoms with Crippen molar-refractivity contribution in [2.24, 2.45) is 5.41 Å². The van der Waals surface area contributed by atoms with Crippen molar-refractivity contribution < 1.29 is 4.74 Å². The predicted molar refractivity (Wildman–Crippen MR) is 74.5 cm³/mol. The average molecular weight is 255 g/mol. The van der Waals surface area contributed by atoms with Crippen LogP contribution in [0.15, 0.2) is 30.3 Å². The maximum atomic E-state index is 6.03. The highest BCUT2D eigenvalue weighted by atomic mass is 35.5. The van der Waals surface area contributed by atoms with E-state index in [1.54, 1.807) is 0 Å². The SMILES string of the molecule is CCCC(C)(CCl)CCOCc1ccccc1. The van der Waals surface area contributed by atoms with Gasteiger partial charge in [0.05, 0.1) is 6.61 Å². The van der Waals surface area contributed by atoms with E-state index in [4.69, 9.17) is 16.3 Å². The monoisotopic (exact) mass is 254 g/mol. The molecule has 0 spiro atoms. The number of ether oxygens (including phenoxy) is 1. The lowest BCUT2D eigenvalue weighted by molar-refractivity contribution is 0.0904. The van der Waals surface area contributed by atoms with Gasteiger partial charge >= 0.3 is 0 Å². The maximum absolute atomic E-state index is 6.03. The minimum atomic E-state index is 0.229. The molecule has 0 fully saturated rings. The molecular weight excluding hydrogens is 232 g/mol. The number of alkyl halides is 1. The zero-order chi connectivity index (χ0) is 12.6. The van der Waals surface area contributed by atoms with Gasteiger partial charge < -0.3 is 4.74 Å². The summed E-state index contributed by atoms with van der Waals surface area (Å²) in [5.74, 6) is 0.718. The van der Waals surface area contributed by atoms with Crippen molar-refractivity contribution in [3.05, 3.63) is 35.9 Å². The third kappa shape index (κ3) is 5.56. The Morgan fingerprint density at radius 1 is 1.18 bits per heavy atom. The lowest BCUT2D eigenvalue weighted by Gasteiger charge is -2.26. The Morgan fingerprint density at radius 3 is 2.47 bits per heavy atom. The van der Waals surface area contributed by atoms with E-state index in [-0.39, 0.29) is 5.41 Å². The zero-order valence-electron chi connectivity index (χ0n) is 10.9. The smallest absolute Gasteiger partial charge is 0.0716 e. The topological polar surface area (TPSA) is 9.23 Å². The van der Waals surface area contributed by atoms with Crippen molar-refractivity contribution >= 4 is 11.6 Å². The minimum Gasteiger partial charge on any atom is -0.377 e. The normalized spacial score (nSPS) is 14.5. The molecule has 96 valence electrons. The van der Waals surface area contributed by atoms with Crippen LogP contribution >= 0.6 is 11.6 Å². The summed E-state index contributed by atoms with van der Waals surface area (Å²) in [6.07, 6.45) is 3.39. The van der Waals surface area contributed by atoms with Crippen LogP contribution in [0.25, 0.3) is 0 Å². The van der Waals surface area contributed by atoms with E-state index in [1.807, 2.05) is 18.2 Å². The van der Waals surface area contributed by atoms with Gasteiger partial charge in [0.15, 0.2) is 0 Å². The molecule has 17 heavy (non-hydrogen) atoms. The molecule has 2 heteroatoms. The molecule has 1 aromatic carbocycles. The fraction of sp³-hybridized carbons (Fsp3) is 0.600. The molecule has 0 N–H and O–H groups in total. The Kier molecular flexibility index (Phi) is 6.61. The third-order valence-corrected chi connectivity index (χ3v) is 3.78. The quantitative estimate of drug-likeness (QED) is 0.485. The van der Waals surface area contributed by atoms with Crippen molar-refractivity contribution in [1.82, 2.24) is 0 Å². The predicted octanol–water partition coefficient (Wildman–Crippen LogP) is 4.64. The summed E-state index contributed by atoms with van der Waals surface area (Å²) < 4.78 is 5.70. The van der Waals surface area contributed by atoms with Crippen LogP contribution in [-0.4, -0.2) is 12.5 Å². The molecular formula is C15H23ClO. The molecule has 0 aliphatic carbocycles. The third-order valence-electron chi connectivity index (χ3n) is 3.14. The lowest BCUT2D eigenvalue weighted by Crippen LogP contribution is -2.20. The highest BCUT2D eigenvalue weighted by Crippen LogP contribution is 2.29. The first-order valence-corrected chi connectivity index (χ1v) is 6.91. The molecule has 1 rings (SSSR count). The molecule has 0 saturated heterocycles. The van der Waals surface area contributed by atoms with Gasteiger partial charge in [-0.25, -0.2) is 0 Å². The van der Waals surface area contributed by atoms with Gasteiger partial charge in [-0.05, 0) is 23.8 Å². The van der Waals surface area contributed by atoms with Gasteiger partial charge in [-0.3, -0.25) is 0 Å². The highest BCUT2D eigenvalue weighted by Gasteiger charge is 2.21. The molecule has 1 unspecified atom stereocenters. The highest BCUT2D eigenvalue weighted by molar-refractivity contribution is 6.18. The summed E-state index contributed by atoms with van der Waals surface area (Å²) in [7, 11) is 0. The summed E-state index contributed by atoms with van der Waals surface area (Å²) >= 11 is 6.03. The molecule has 0 saturated carbocycles. The van der Waals surface area contributed by atoms with E-state index in [9.17, 15) is 0 Å². The van der Waals surface area contributed by atoms with Crippen LogP contribution in [0.5, 0.6) is 0 Å². The molecule has 0 amide bonds. The lowest BCUT2D eigenvalue weighted by atomic mass is 9.85. The molecule has 0 heterocycles. The summed E-state index contributed by atoms with van der Waals surface area (Å²) in [6, 6.07) is 10.3. The zero-order valence-corrected chi connectivity index (χ0v) is 11.7. The van der Waals surface area contributed by atoms with Crippen LogP contribution in [0.4, 0.5) is 0 Å². The first-order valence-electron chi connectivity index (χ1n) is 6.38. The van der Waals surface area contributed by atoms with Crippen molar-refractivity contribution in [2.75, 3.05) is 12.5 Å². The van der Waals surface area contributed by atoms with E-state index in [0.717, 1.165) is 18.9 Å². The Morgan fingerprint density at radius 2 is 1.88 bits per heavy atom. The van der Waals surface area contributed by atoms with Gasteiger partial charge in [-0.15, -0.1) is 11.6 Å². The van der Waals surface area contributed by atoms with Crippen LogP contribution in [-0.2, 0) is 11.3 Å². The van der Waals surface area contributed by atoms with Crippen LogP contribution in [0.2, 0.25) is 0 Å². The summed E-state index contributed by atoms with van der Waals surface area (Å²) in [6.45, 7) is 5.94. The number of hydrogen-bond donors (Lipinski definition) is 0. The van der Waals surface area contributed by atoms with Gasteiger partial charge in [0, 0.05) is 12.5 Å². The molecule has 0 bridgehead atoms. The van der Waals surface area contributed by atoms with Gasteiger partial charge in [0.25, 0.3) is 0 Å². The molecule has 1 aromatic rings.